The predicted octanol–water partition coefficient (Wildman–Crippen LogP) is 4.26. The Morgan fingerprint density at radius 1 is 1.06 bits per heavy atom. The van der Waals surface area contributed by atoms with Crippen LogP contribution in [0, 0.1) is 0 Å². The zero-order valence-corrected chi connectivity index (χ0v) is 19.1. The van der Waals surface area contributed by atoms with Crippen LogP contribution in [0.4, 0.5) is 0 Å². The fraction of sp³-hybridized carbons (Fsp3) is 0.360. The highest BCUT2D eigenvalue weighted by atomic mass is 16.5. The van der Waals surface area contributed by atoms with Gasteiger partial charge in [-0.15, -0.1) is 0 Å². The van der Waals surface area contributed by atoms with E-state index < -0.39 is 5.60 Å². The summed E-state index contributed by atoms with van der Waals surface area (Å²) in [6.07, 6.45) is 6.96. The summed E-state index contributed by atoms with van der Waals surface area (Å²) in [6, 6.07) is 10.2. The van der Waals surface area contributed by atoms with Crippen LogP contribution in [-0.2, 0) is 6.42 Å². The topological polar surface area (TPSA) is 90.1 Å². The van der Waals surface area contributed by atoms with Gasteiger partial charge < -0.3 is 19.7 Å². The Balaban J connectivity index is 1.66. The number of aromatic nitrogens is 4. The van der Waals surface area contributed by atoms with Gasteiger partial charge in [-0.3, -0.25) is 5.10 Å². The Hall–Kier alpha value is -3.16. The molecule has 32 heavy (non-hydrogen) atoms. The standard InChI is InChI=1S/C25H31N5O2/c1-25(2,31)13-22-21-12-18(19-15-27-28-16-19)14-26-24(21)29-23(22)17-6-8-20(9-7-17)32-11-5-10-30(3)4/h6-9,12,14-16,31H,5,10-11,13H2,1-4H3,(H,26,29)(H,27,28). The van der Waals surface area contributed by atoms with Gasteiger partial charge in [0.25, 0.3) is 0 Å². The number of rotatable bonds is 9. The summed E-state index contributed by atoms with van der Waals surface area (Å²) in [7, 11) is 4.13. The van der Waals surface area contributed by atoms with Crippen molar-refractivity contribution in [1.82, 2.24) is 25.1 Å². The Labute approximate surface area is 188 Å². The monoisotopic (exact) mass is 433 g/mol. The molecule has 0 amide bonds. The van der Waals surface area contributed by atoms with Gasteiger partial charge in [0, 0.05) is 41.9 Å². The quantitative estimate of drug-likeness (QED) is 0.343. The maximum atomic E-state index is 10.6. The van der Waals surface area contributed by atoms with Gasteiger partial charge in [0.05, 0.1) is 24.1 Å². The number of ether oxygens (including phenoxy) is 1. The summed E-state index contributed by atoms with van der Waals surface area (Å²) in [6.45, 7) is 5.34. The molecule has 7 heteroatoms. The molecule has 4 rings (SSSR count). The second-order valence-corrected chi connectivity index (χ2v) is 9.10. The second kappa shape index (κ2) is 9.14. The minimum Gasteiger partial charge on any atom is -0.494 e. The van der Waals surface area contributed by atoms with E-state index in [4.69, 9.17) is 4.74 Å². The van der Waals surface area contributed by atoms with Gasteiger partial charge in [0.2, 0.25) is 0 Å². The molecule has 0 saturated heterocycles. The number of aromatic amines is 2. The lowest BCUT2D eigenvalue weighted by atomic mass is 9.94. The molecule has 7 nitrogen and oxygen atoms in total. The van der Waals surface area contributed by atoms with Crippen LogP contribution in [0.3, 0.4) is 0 Å². The molecule has 0 unspecified atom stereocenters. The third-order valence-corrected chi connectivity index (χ3v) is 5.36. The first-order valence-corrected chi connectivity index (χ1v) is 10.9. The van der Waals surface area contributed by atoms with E-state index in [2.05, 4.69) is 57.4 Å². The smallest absolute Gasteiger partial charge is 0.138 e. The largest absolute Gasteiger partial charge is 0.494 e. The van der Waals surface area contributed by atoms with E-state index in [1.807, 2.05) is 38.4 Å². The number of benzene rings is 1. The highest BCUT2D eigenvalue weighted by Crippen LogP contribution is 2.34. The van der Waals surface area contributed by atoms with Gasteiger partial charge in [0.1, 0.15) is 11.4 Å². The van der Waals surface area contributed by atoms with Gasteiger partial charge in [-0.1, -0.05) is 0 Å². The van der Waals surface area contributed by atoms with E-state index in [-0.39, 0.29) is 0 Å². The summed E-state index contributed by atoms with van der Waals surface area (Å²) in [4.78, 5) is 10.3. The molecule has 0 fully saturated rings. The molecule has 0 aliphatic heterocycles. The highest BCUT2D eigenvalue weighted by molar-refractivity contribution is 5.91. The fourth-order valence-corrected chi connectivity index (χ4v) is 3.84. The molecule has 0 aliphatic rings. The van der Waals surface area contributed by atoms with Gasteiger partial charge in [-0.2, -0.15) is 5.10 Å². The molecule has 0 aliphatic carbocycles. The Bertz CT molecular complexity index is 1160. The van der Waals surface area contributed by atoms with Crippen molar-refractivity contribution in [2.45, 2.75) is 32.3 Å². The molecule has 0 radical (unpaired) electrons. The van der Waals surface area contributed by atoms with Crippen molar-refractivity contribution in [2.24, 2.45) is 0 Å². The van der Waals surface area contributed by atoms with Gasteiger partial charge in [-0.25, -0.2) is 4.98 Å². The van der Waals surface area contributed by atoms with Gasteiger partial charge in [0.15, 0.2) is 0 Å². The van der Waals surface area contributed by atoms with E-state index in [1.54, 1.807) is 6.20 Å². The number of aliphatic hydroxyl groups is 1. The van der Waals surface area contributed by atoms with Crippen LogP contribution < -0.4 is 4.74 Å². The van der Waals surface area contributed by atoms with Crippen LogP contribution in [0.15, 0.2) is 48.9 Å². The molecule has 0 bridgehead atoms. The molecular formula is C25H31N5O2. The van der Waals surface area contributed by atoms with Crippen LogP contribution in [0.25, 0.3) is 33.4 Å². The first kappa shape index (κ1) is 22.0. The summed E-state index contributed by atoms with van der Waals surface area (Å²) in [5.41, 5.74) is 4.96. The average molecular weight is 434 g/mol. The Kier molecular flexibility index (Phi) is 6.30. The zero-order valence-electron chi connectivity index (χ0n) is 19.1. The number of pyridine rings is 1. The minimum absolute atomic E-state index is 0.502. The number of nitrogens with zero attached hydrogens (tertiary/aromatic N) is 3. The predicted molar refractivity (Wildman–Crippen MR) is 128 cm³/mol. The first-order valence-electron chi connectivity index (χ1n) is 10.9. The van der Waals surface area contributed by atoms with Crippen molar-refractivity contribution in [3.8, 4) is 28.1 Å². The summed E-state index contributed by atoms with van der Waals surface area (Å²) < 4.78 is 5.88. The fourth-order valence-electron chi connectivity index (χ4n) is 3.84. The first-order chi connectivity index (χ1) is 15.3. The van der Waals surface area contributed by atoms with Crippen LogP contribution in [-0.4, -0.2) is 63.0 Å². The zero-order chi connectivity index (χ0) is 22.7. The number of nitrogens with one attached hydrogen (secondary N) is 2. The van der Waals surface area contributed by atoms with Crippen molar-refractivity contribution in [1.29, 1.82) is 0 Å². The number of H-pyrrole nitrogens is 2. The van der Waals surface area contributed by atoms with Crippen molar-refractivity contribution in [3.05, 3.63) is 54.5 Å². The van der Waals surface area contributed by atoms with Crippen LogP contribution in [0.2, 0.25) is 0 Å². The molecule has 1 aromatic carbocycles. The molecule has 4 aromatic rings. The van der Waals surface area contributed by atoms with Crippen LogP contribution >= 0.6 is 0 Å². The van der Waals surface area contributed by atoms with Crippen molar-refractivity contribution < 1.29 is 9.84 Å². The summed E-state index contributed by atoms with van der Waals surface area (Å²) in [5.74, 6) is 0.855. The maximum absolute atomic E-state index is 10.6. The highest BCUT2D eigenvalue weighted by Gasteiger charge is 2.22. The van der Waals surface area contributed by atoms with E-state index in [0.717, 1.165) is 57.7 Å². The van der Waals surface area contributed by atoms with Gasteiger partial charge in [-0.05, 0) is 75.8 Å². The normalized spacial score (nSPS) is 12.1. The van der Waals surface area contributed by atoms with Gasteiger partial charge >= 0.3 is 0 Å². The van der Waals surface area contributed by atoms with Crippen LogP contribution in [0.5, 0.6) is 5.75 Å². The Morgan fingerprint density at radius 3 is 2.50 bits per heavy atom. The lowest BCUT2D eigenvalue weighted by molar-refractivity contribution is 0.0814. The lowest BCUT2D eigenvalue weighted by Gasteiger charge is -2.18. The molecule has 0 spiro atoms. The minimum atomic E-state index is -0.856. The number of fused-ring (bicyclic) bond motifs is 1. The molecule has 0 atom stereocenters. The summed E-state index contributed by atoms with van der Waals surface area (Å²) >= 11 is 0. The SMILES string of the molecule is CN(C)CCCOc1ccc(-c2[nH]c3ncc(-c4cn[nH]c4)cc3c2CC(C)(C)O)cc1. The second-order valence-electron chi connectivity index (χ2n) is 9.10. The van der Waals surface area contributed by atoms with Crippen molar-refractivity contribution in [2.75, 3.05) is 27.2 Å². The van der Waals surface area contributed by atoms with Crippen LogP contribution in [0.1, 0.15) is 25.8 Å². The Morgan fingerprint density at radius 2 is 1.84 bits per heavy atom. The summed E-state index contributed by atoms with van der Waals surface area (Å²) in [5, 5.41) is 18.5. The molecule has 0 saturated carbocycles. The van der Waals surface area contributed by atoms with Crippen molar-refractivity contribution >= 4 is 11.0 Å². The van der Waals surface area contributed by atoms with E-state index in [0.29, 0.717) is 13.0 Å². The lowest BCUT2D eigenvalue weighted by Crippen LogP contribution is -2.22. The molecule has 168 valence electrons. The van der Waals surface area contributed by atoms with Crippen molar-refractivity contribution in [3.63, 3.8) is 0 Å². The third kappa shape index (κ3) is 5.18. The third-order valence-electron chi connectivity index (χ3n) is 5.36. The average Bonchev–Trinajstić information content (AvgIpc) is 3.39. The molecule has 3 heterocycles. The molecule has 3 N–H and O–H groups in total. The number of hydrogen-bond donors (Lipinski definition) is 3. The maximum Gasteiger partial charge on any atom is 0.138 e. The van der Waals surface area contributed by atoms with E-state index >= 15 is 0 Å². The number of hydrogen-bond acceptors (Lipinski definition) is 5. The molecular weight excluding hydrogens is 402 g/mol. The van der Waals surface area contributed by atoms with E-state index in [1.165, 1.54) is 0 Å². The molecule has 3 aromatic heterocycles. The van der Waals surface area contributed by atoms with E-state index in [9.17, 15) is 5.11 Å².